The fourth-order valence-electron chi connectivity index (χ4n) is 2.62. The van der Waals surface area contributed by atoms with Gasteiger partial charge in [0.25, 0.3) is 0 Å². The van der Waals surface area contributed by atoms with Crippen molar-refractivity contribution in [2.75, 3.05) is 7.05 Å². The van der Waals surface area contributed by atoms with E-state index in [1.807, 2.05) is 7.05 Å². The Labute approximate surface area is 122 Å². The molecule has 2 atom stereocenters. The Bertz CT molecular complexity index is 452. The predicted molar refractivity (Wildman–Crippen MR) is 77.8 cm³/mol. The molecule has 104 valence electrons. The Morgan fingerprint density at radius 2 is 2.05 bits per heavy atom. The van der Waals surface area contributed by atoms with Gasteiger partial charge in [0.05, 0.1) is 6.42 Å². The van der Waals surface area contributed by atoms with E-state index in [4.69, 9.17) is 0 Å². The van der Waals surface area contributed by atoms with Crippen LogP contribution in [0.1, 0.15) is 31.2 Å². The highest BCUT2D eigenvalue weighted by Crippen LogP contribution is 2.28. The number of likely N-dealkylation sites (N-methyl/N-ethyl adjacent to an activating group) is 1. The first-order valence-corrected chi connectivity index (χ1v) is 7.64. The minimum Gasteiger partial charge on any atom is -0.341 e. The lowest BCUT2D eigenvalue weighted by molar-refractivity contribution is -0.131. The van der Waals surface area contributed by atoms with Gasteiger partial charge in [-0.05, 0) is 24.5 Å². The summed E-state index contributed by atoms with van der Waals surface area (Å²) in [5.41, 5.74) is 0.473. The molecule has 0 heterocycles. The maximum Gasteiger partial charge on any atom is 0.227 e. The van der Waals surface area contributed by atoms with Gasteiger partial charge in [0.1, 0.15) is 5.82 Å². The van der Waals surface area contributed by atoms with Crippen molar-refractivity contribution in [1.29, 1.82) is 0 Å². The number of carbonyl (C=O) groups is 1. The lowest BCUT2D eigenvalue weighted by atomic mass is 9.94. The van der Waals surface area contributed by atoms with Gasteiger partial charge in [-0.15, -0.1) is 0 Å². The van der Waals surface area contributed by atoms with Crippen LogP contribution in [-0.4, -0.2) is 28.7 Å². The number of rotatable bonds is 3. The fraction of sp³-hybridized carbons (Fsp3) is 0.533. The van der Waals surface area contributed by atoms with Gasteiger partial charge in [0.15, 0.2) is 0 Å². The number of hydrogen-bond acceptors (Lipinski definition) is 1. The minimum absolute atomic E-state index is 0.0125. The summed E-state index contributed by atoms with van der Waals surface area (Å²) >= 11 is 3.66. The Kier molecular flexibility index (Phi) is 4.97. The summed E-state index contributed by atoms with van der Waals surface area (Å²) in [5.74, 6) is -0.315. The standard InChI is InChI=1S/C15H19BrFNO/c1-18(14-9-5-3-7-12(14)16)15(19)10-11-6-2-4-8-13(11)17/h2,4,6,8,12,14H,3,5,7,9-10H2,1H3. The second kappa shape index (κ2) is 6.51. The van der Waals surface area contributed by atoms with E-state index in [2.05, 4.69) is 15.9 Å². The van der Waals surface area contributed by atoms with Gasteiger partial charge in [0, 0.05) is 17.9 Å². The number of carbonyl (C=O) groups excluding carboxylic acids is 1. The lowest BCUT2D eigenvalue weighted by Gasteiger charge is -2.35. The first kappa shape index (κ1) is 14.5. The maximum atomic E-state index is 13.6. The van der Waals surface area contributed by atoms with E-state index in [-0.39, 0.29) is 24.2 Å². The zero-order chi connectivity index (χ0) is 13.8. The number of halogens is 2. The molecule has 0 radical (unpaired) electrons. The Hall–Kier alpha value is -0.900. The van der Waals surface area contributed by atoms with Gasteiger partial charge in [0.2, 0.25) is 5.91 Å². The van der Waals surface area contributed by atoms with E-state index < -0.39 is 0 Å². The molecule has 4 heteroatoms. The first-order chi connectivity index (χ1) is 9.09. The van der Waals surface area contributed by atoms with Crippen molar-refractivity contribution in [1.82, 2.24) is 4.90 Å². The smallest absolute Gasteiger partial charge is 0.227 e. The number of nitrogens with zero attached hydrogens (tertiary/aromatic N) is 1. The normalized spacial score (nSPS) is 23.1. The molecular formula is C15H19BrFNO. The lowest BCUT2D eigenvalue weighted by Crippen LogP contribution is -2.44. The molecular weight excluding hydrogens is 309 g/mol. The molecule has 2 nitrogen and oxygen atoms in total. The summed E-state index contributed by atoms with van der Waals surface area (Å²) in [7, 11) is 1.83. The van der Waals surface area contributed by atoms with E-state index in [0.717, 1.165) is 19.3 Å². The molecule has 1 aliphatic carbocycles. The summed E-state index contributed by atoms with van der Waals surface area (Å²) < 4.78 is 13.6. The van der Waals surface area contributed by atoms with Gasteiger partial charge in [-0.2, -0.15) is 0 Å². The van der Waals surface area contributed by atoms with E-state index >= 15 is 0 Å². The zero-order valence-corrected chi connectivity index (χ0v) is 12.7. The summed E-state index contributed by atoms with van der Waals surface area (Å²) in [6.07, 6.45) is 4.63. The van der Waals surface area contributed by atoms with E-state index in [1.54, 1.807) is 23.1 Å². The van der Waals surface area contributed by atoms with Gasteiger partial charge < -0.3 is 4.90 Å². The third-order valence-electron chi connectivity index (χ3n) is 3.84. The quantitative estimate of drug-likeness (QED) is 0.778. The zero-order valence-electron chi connectivity index (χ0n) is 11.1. The van der Waals surface area contributed by atoms with Crippen LogP contribution in [0.15, 0.2) is 24.3 Å². The molecule has 0 bridgehead atoms. The van der Waals surface area contributed by atoms with Crippen molar-refractivity contribution < 1.29 is 9.18 Å². The van der Waals surface area contributed by atoms with Crippen LogP contribution in [0.2, 0.25) is 0 Å². The molecule has 0 N–H and O–H groups in total. The predicted octanol–water partition coefficient (Wildman–Crippen LogP) is 3.53. The highest BCUT2D eigenvalue weighted by molar-refractivity contribution is 9.09. The molecule has 1 amide bonds. The largest absolute Gasteiger partial charge is 0.341 e. The van der Waals surface area contributed by atoms with Crippen molar-refractivity contribution in [3.05, 3.63) is 35.6 Å². The topological polar surface area (TPSA) is 20.3 Å². The van der Waals surface area contributed by atoms with Crippen LogP contribution in [0.3, 0.4) is 0 Å². The number of hydrogen-bond donors (Lipinski definition) is 0. The Morgan fingerprint density at radius 3 is 2.74 bits per heavy atom. The van der Waals surface area contributed by atoms with E-state index in [1.165, 1.54) is 12.5 Å². The van der Waals surface area contributed by atoms with Crippen molar-refractivity contribution in [2.24, 2.45) is 0 Å². The average molecular weight is 328 g/mol. The van der Waals surface area contributed by atoms with Crippen LogP contribution in [-0.2, 0) is 11.2 Å². The maximum absolute atomic E-state index is 13.6. The van der Waals surface area contributed by atoms with Crippen LogP contribution in [0.5, 0.6) is 0 Å². The van der Waals surface area contributed by atoms with Gasteiger partial charge in [-0.25, -0.2) is 4.39 Å². The molecule has 0 saturated heterocycles. The van der Waals surface area contributed by atoms with Gasteiger partial charge >= 0.3 is 0 Å². The third kappa shape index (κ3) is 3.56. The van der Waals surface area contributed by atoms with Crippen LogP contribution in [0.4, 0.5) is 4.39 Å². The van der Waals surface area contributed by atoms with E-state index in [0.29, 0.717) is 10.4 Å². The van der Waals surface area contributed by atoms with Crippen LogP contribution in [0, 0.1) is 5.82 Å². The molecule has 0 aromatic heterocycles. The number of alkyl halides is 1. The highest BCUT2D eigenvalue weighted by atomic mass is 79.9. The molecule has 2 unspecified atom stereocenters. The van der Waals surface area contributed by atoms with E-state index in [9.17, 15) is 9.18 Å². The van der Waals surface area contributed by atoms with Crippen LogP contribution >= 0.6 is 15.9 Å². The molecule has 19 heavy (non-hydrogen) atoms. The molecule has 1 aromatic carbocycles. The molecule has 1 saturated carbocycles. The second-order valence-electron chi connectivity index (χ2n) is 5.14. The summed E-state index contributed by atoms with van der Waals surface area (Å²) in [4.78, 5) is 14.4. The SMILES string of the molecule is CN(C(=O)Cc1ccccc1F)C1CCCCC1Br. The molecule has 1 aromatic rings. The second-order valence-corrected chi connectivity index (χ2v) is 6.32. The average Bonchev–Trinajstić information content (AvgIpc) is 2.41. The molecule has 1 aliphatic rings. The molecule has 1 fully saturated rings. The minimum atomic E-state index is -0.303. The Balaban J connectivity index is 2.01. The van der Waals surface area contributed by atoms with Crippen LogP contribution < -0.4 is 0 Å². The van der Waals surface area contributed by atoms with Crippen molar-refractivity contribution in [2.45, 2.75) is 43.0 Å². The molecule has 0 spiro atoms. The summed E-state index contributed by atoms with van der Waals surface area (Å²) in [5, 5.41) is 0. The summed E-state index contributed by atoms with van der Waals surface area (Å²) in [6.45, 7) is 0. The van der Waals surface area contributed by atoms with Gasteiger partial charge in [-0.3, -0.25) is 4.79 Å². The highest BCUT2D eigenvalue weighted by Gasteiger charge is 2.29. The van der Waals surface area contributed by atoms with Crippen molar-refractivity contribution in [3.8, 4) is 0 Å². The van der Waals surface area contributed by atoms with Crippen LogP contribution in [0.25, 0.3) is 0 Å². The van der Waals surface area contributed by atoms with Crippen molar-refractivity contribution >= 4 is 21.8 Å². The van der Waals surface area contributed by atoms with Gasteiger partial charge in [-0.1, -0.05) is 47.0 Å². The van der Waals surface area contributed by atoms with Crippen molar-refractivity contribution in [3.63, 3.8) is 0 Å². The molecule has 2 rings (SSSR count). The fourth-order valence-corrected chi connectivity index (χ4v) is 3.56. The number of benzene rings is 1. The number of amides is 1. The summed E-state index contributed by atoms with van der Waals surface area (Å²) in [6, 6.07) is 6.71. The third-order valence-corrected chi connectivity index (χ3v) is 4.91. The molecule has 0 aliphatic heterocycles. The Morgan fingerprint density at radius 1 is 1.37 bits per heavy atom. The monoisotopic (exact) mass is 327 g/mol. The first-order valence-electron chi connectivity index (χ1n) is 6.72.